The second-order valence-electron chi connectivity index (χ2n) is 4.83. The van der Waals surface area contributed by atoms with Gasteiger partial charge in [0.05, 0.1) is 18.4 Å². The smallest absolute Gasteiger partial charge is 0.283 e. The molecule has 1 aromatic rings. The van der Waals surface area contributed by atoms with E-state index in [1.807, 2.05) is 0 Å². The lowest BCUT2D eigenvalue weighted by atomic mass is 10.0. The Balaban J connectivity index is 2.19. The second kappa shape index (κ2) is 6.34. The molecule has 5 nitrogen and oxygen atoms in total. The van der Waals surface area contributed by atoms with E-state index < -0.39 is 0 Å². The molecule has 19 heavy (non-hydrogen) atoms. The summed E-state index contributed by atoms with van der Waals surface area (Å²) in [6.07, 6.45) is 6.74. The van der Waals surface area contributed by atoms with Gasteiger partial charge in [-0.3, -0.25) is 4.79 Å². The summed E-state index contributed by atoms with van der Waals surface area (Å²) in [7, 11) is 0. The zero-order valence-corrected chi connectivity index (χ0v) is 12.4. The molecule has 1 saturated carbocycles. The molecule has 0 bridgehead atoms. The van der Waals surface area contributed by atoms with Crippen molar-refractivity contribution in [3.63, 3.8) is 0 Å². The molecule has 1 aliphatic rings. The van der Waals surface area contributed by atoms with Crippen LogP contribution in [0.15, 0.2) is 28.1 Å². The monoisotopic (exact) mass is 326 g/mol. The zero-order valence-electron chi connectivity index (χ0n) is 10.8. The van der Waals surface area contributed by atoms with Crippen molar-refractivity contribution in [1.82, 2.24) is 9.78 Å². The van der Waals surface area contributed by atoms with Gasteiger partial charge in [-0.2, -0.15) is 5.10 Å². The van der Waals surface area contributed by atoms with Crippen LogP contribution in [0.2, 0.25) is 0 Å². The molecule has 0 saturated heterocycles. The summed E-state index contributed by atoms with van der Waals surface area (Å²) in [6, 6.07) is 0.331. The molecule has 3 N–H and O–H groups in total. The van der Waals surface area contributed by atoms with Crippen LogP contribution in [0.5, 0.6) is 0 Å². The summed E-state index contributed by atoms with van der Waals surface area (Å²) in [5.74, 6) is 0.475. The van der Waals surface area contributed by atoms with Crippen LogP contribution < -0.4 is 16.6 Å². The molecule has 0 amide bonds. The molecule has 0 aromatic carbocycles. The van der Waals surface area contributed by atoms with E-state index in [9.17, 15) is 4.79 Å². The van der Waals surface area contributed by atoms with Crippen LogP contribution in [0.3, 0.4) is 0 Å². The standard InChI is InChI=1S/C13H19BrN4O/c1-2-6-18-13(19)12(14)11(8-16-18)17-10-5-3-4-9(10)7-15/h2,8-10,17H,1,3-7,15H2. The Kier molecular flexibility index (Phi) is 4.76. The molecule has 2 unspecified atom stereocenters. The van der Waals surface area contributed by atoms with Crippen molar-refractivity contribution in [2.45, 2.75) is 31.8 Å². The minimum Gasteiger partial charge on any atom is -0.380 e. The second-order valence-corrected chi connectivity index (χ2v) is 5.62. The third-order valence-corrected chi connectivity index (χ3v) is 4.36. The number of halogens is 1. The van der Waals surface area contributed by atoms with Crippen molar-refractivity contribution in [3.8, 4) is 0 Å². The van der Waals surface area contributed by atoms with Crippen LogP contribution in [0.4, 0.5) is 5.69 Å². The first-order chi connectivity index (χ1) is 9.17. The number of allylic oxidation sites excluding steroid dienone is 1. The third-order valence-electron chi connectivity index (χ3n) is 3.59. The Hall–Kier alpha value is -1.14. The van der Waals surface area contributed by atoms with Gasteiger partial charge in [0.25, 0.3) is 5.56 Å². The summed E-state index contributed by atoms with van der Waals surface area (Å²) < 4.78 is 1.89. The molecular formula is C13H19BrN4O. The van der Waals surface area contributed by atoms with Gasteiger partial charge in [0.15, 0.2) is 0 Å². The highest BCUT2D eigenvalue weighted by molar-refractivity contribution is 9.10. The fourth-order valence-corrected chi connectivity index (χ4v) is 2.95. The molecule has 1 fully saturated rings. The van der Waals surface area contributed by atoms with Gasteiger partial charge in [-0.25, -0.2) is 4.68 Å². The van der Waals surface area contributed by atoms with Gasteiger partial charge in [-0.05, 0) is 41.2 Å². The van der Waals surface area contributed by atoms with Crippen LogP contribution in [0.25, 0.3) is 0 Å². The van der Waals surface area contributed by atoms with Crippen molar-refractivity contribution in [1.29, 1.82) is 0 Å². The normalized spacial score (nSPS) is 22.4. The number of nitrogens with zero attached hydrogens (tertiary/aromatic N) is 2. The van der Waals surface area contributed by atoms with Crippen molar-refractivity contribution < 1.29 is 0 Å². The molecule has 0 radical (unpaired) electrons. The highest BCUT2D eigenvalue weighted by atomic mass is 79.9. The van der Waals surface area contributed by atoms with Crippen molar-refractivity contribution in [2.24, 2.45) is 11.7 Å². The molecule has 0 aliphatic heterocycles. The Morgan fingerprint density at radius 3 is 3.11 bits per heavy atom. The topological polar surface area (TPSA) is 72.9 Å². The summed E-state index contributed by atoms with van der Waals surface area (Å²) in [5.41, 5.74) is 6.37. The summed E-state index contributed by atoms with van der Waals surface area (Å²) in [5, 5.41) is 7.52. The Morgan fingerprint density at radius 1 is 1.63 bits per heavy atom. The first kappa shape index (κ1) is 14.3. The van der Waals surface area contributed by atoms with Crippen molar-refractivity contribution in [3.05, 3.63) is 33.7 Å². The predicted molar refractivity (Wildman–Crippen MR) is 80.2 cm³/mol. The Labute approximate surface area is 121 Å². The number of hydrogen-bond acceptors (Lipinski definition) is 4. The first-order valence-corrected chi connectivity index (χ1v) is 7.29. The lowest BCUT2D eigenvalue weighted by Gasteiger charge is -2.21. The van der Waals surface area contributed by atoms with Gasteiger partial charge in [0, 0.05) is 6.04 Å². The van der Waals surface area contributed by atoms with Gasteiger partial charge >= 0.3 is 0 Å². The average Bonchev–Trinajstić information content (AvgIpc) is 2.86. The highest BCUT2D eigenvalue weighted by Gasteiger charge is 2.26. The van der Waals surface area contributed by atoms with Crippen LogP contribution >= 0.6 is 15.9 Å². The first-order valence-electron chi connectivity index (χ1n) is 6.50. The minimum atomic E-state index is -0.146. The Bertz CT molecular complexity index is 514. The zero-order chi connectivity index (χ0) is 13.8. The molecule has 1 aliphatic carbocycles. The number of aromatic nitrogens is 2. The van der Waals surface area contributed by atoms with Crippen LogP contribution in [0.1, 0.15) is 19.3 Å². The average molecular weight is 327 g/mol. The molecule has 2 atom stereocenters. The fourth-order valence-electron chi connectivity index (χ4n) is 2.53. The number of rotatable bonds is 5. The predicted octanol–water partition coefficient (Wildman–Crippen LogP) is 1.73. The van der Waals surface area contributed by atoms with Crippen molar-refractivity contribution in [2.75, 3.05) is 11.9 Å². The van der Waals surface area contributed by atoms with E-state index >= 15 is 0 Å². The van der Waals surface area contributed by atoms with Crippen LogP contribution in [0, 0.1) is 5.92 Å². The minimum absolute atomic E-state index is 0.146. The molecule has 6 heteroatoms. The maximum Gasteiger partial charge on any atom is 0.283 e. The largest absolute Gasteiger partial charge is 0.380 e. The molecule has 1 heterocycles. The quantitative estimate of drug-likeness (QED) is 0.808. The molecule has 0 spiro atoms. The van der Waals surface area contributed by atoms with E-state index in [2.05, 4.69) is 32.9 Å². The molecule has 104 valence electrons. The van der Waals surface area contributed by atoms with E-state index in [4.69, 9.17) is 5.73 Å². The van der Waals surface area contributed by atoms with E-state index in [0.29, 0.717) is 29.5 Å². The van der Waals surface area contributed by atoms with Gasteiger partial charge < -0.3 is 11.1 Å². The lowest BCUT2D eigenvalue weighted by molar-refractivity contribution is 0.515. The summed E-state index contributed by atoms with van der Waals surface area (Å²) >= 11 is 3.35. The van der Waals surface area contributed by atoms with Gasteiger partial charge in [-0.1, -0.05) is 12.5 Å². The molecule has 2 rings (SSSR count). The van der Waals surface area contributed by atoms with E-state index in [1.165, 1.54) is 11.1 Å². The number of anilines is 1. The summed E-state index contributed by atoms with van der Waals surface area (Å²) in [6.45, 7) is 4.69. The fraction of sp³-hybridized carbons (Fsp3) is 0.538. The van der Waals surface area contributed by atoms with Crippen LogP contribution in [-0.4, -0.2) is 22.4 Å². The van der Waals surface area contributed by atoms with E-state index in [1.54, 1.807) is 12.3 Å². The Morgan fingerprint density at radius 2 is 2.42 bits per heavy atom. The number of nitrogens with two attached hydrogens (primary N) is 1. The maximum absolute atomic E-state index is 12.0. The lowest BCUT2D eigenvalue weighted by Crippen LogP contribution is -2.31. The van der Waals surface area contributed by atoms with Gasteiger partial charge in [-0.15, -0.1) is 6.58 Å². The van der Waals surface area contributed by atoms with Crippen LogP contribution in [-0.2, 0) is 6.54 Å². The third kappa shape index (κ3) is 3.06. The summed E-state index contributed by atoms with van der Waals surface area (Å²) in [4.78, 5) is 12.0. The number of nitrogens with one attached hydrogen (secondary N) is 1. The SMILES string of the molecule is C=CCn1ncc(NC2CCCC2CN)c(Br)c1=O. The maximum atomic E-state index is 12.0. The van der Waals surface area contributed by atoms with Gasteiger partial charge in [0.1, 0.15) is 4.47 Å². The number of hydrogen-bond donors (Lipinski definition) is 2. The highest BCUT2D eigenvalue weighted by Crippen LogP contribution is 2.29. The van der Waals surface area contributed by atoms with E-state index in [-0.39, 0.29) is 5.56 Å². The van der Waals surface area contributed by atoms with Gasteiger partial charge in [0.2, 0.25) is 0 Å². The molecule has 1 aromatic heterocycles. The molecular weight excluding hydrogens is 308 g/mol. The van der Waals surface area contributed by atoms with Crippen molar-refractivity contribution >= 4 is 21.6 Å². The van der Waals surface area contributed by atoms with E-state index in [0.717, 1.165) is 18.5 Å².